The monoisotopic (exact) mass is 253 g/mol. The van der Waals surface area contributed by atoms with Gasteiger partial charge >= 0.3 is 0 Å². The summed E-state index contributed by atoms with van der Waals surface area (Å²) in [6.45, 7) is 15.0. The summed E-state index contributed by atoms with van der Waals surface area (Å²) in [4.78, 5) is 18.9. The van der Waals surface area contributed by atoms with Gasteiger partial charge in [-0.05, 0) is 13.8 Å². The van der Waals surface area contributed by atoms with Crippen molar-refractivity contribution in [2.45, 2.75) is 39.8 Å². The molecule has 2 fully saturated rings. The Kier molecular flexibility index (Phi) is 4.28. The standard InChI is InChI=1S/C14H27N3O/c1-11(2)14(18)17-9-13(10-17)16-7-5-15(6-8-16)12(3)4/h11-13H,5-10H2,1-4H3. The lowest BCUT2D eigenvalue weighted by atomic mass is 10.0. The fourth-order valence-corrected chi connectivity index (χ4v) is 2.85. The maximum absolute atomic E-state index is 11.8. The predicted octanol–water partition coefficient (Wildman–Crippen LogP) is 0.879. The van der Waals surface area contributed by atoms with Gasteiger partial charge in [-0.2, -0.15) is 0 Å². The molecular formula is C14H27N3O. The zero-order valence-corrected chi connectivity index (χ0v) is 12.2. The number of likely N-dealkylation sites (tertiary alicyclic amines) is 1. The van der Waals surface area contributed by atoms with E-state index >= 15 is 0 Å². The second-order valence-corrected chi connectivity index (χ2v) is 6.22. The number of carbonyl (C=O) groups excluding carboxylic acids is 1. The Bertz CT molecular complexity index is 289. The molecule has 0 aromatic heterocycles. The highest BCUT2D eigenvalue weighted by Gasteiger charge is 2.36. The Balaban J connectivity index is 1.72. The van der Waals surface area contributed by atoms with Gasteiger partial charge in [0.1, 0.15) is 0 Å². The fourth-order valence-electron chi connectivity index (χ4n) is 2.85. The molecule has 0 spiro atoms. The maximum Gasteiger partial charge on any atom is 0.225 e. The van der Waals surface area contributed by atoms with Gasteiger partial charge in [-0.15, -0.1) is 0 Å². The van der Waals surface area contributed by atoms with E-state index in [0.717, 1.165) is 26.2 Å². The number of hydrogen-bond acceptors (Lipinski definition) is 3. The maximum atomic E-state index is 11.8. The van der Waals surface area contributed by atoms with Crippen molar-refractivity contribution in [1.29, 1.82) is 0 Å². The van der Waals surface area contributed by atoms with Gasteiger partial charge in [0.05, 0.1) is 0 Å². The molecule has 2 heterocycles. The summed E-state index contributed by atoms with van der Waals surface area (Å²) in [5, 5.41) is 0. The van der Waals surface area contributed by atoms with Crippen molar-refractivity contribution in [2.24, 2.45) is 5.92 Å². The topological polar surface area (TPSA) is 26.8 Å². The smallest absolute Gasteiger partial charge is 0.225 e. The minimum atomic E-state index is 0.142. The van der Waals surface area contributed by atoms with Crippen LogP contribution in [0.3, 0.4) is 0 Å². The van der Waals surface area contributed by atoms with Crippen molar-refractivity contribution in [3.05, 3.63) is 0 Å². The molecule has 0 aromatic carbocycles. The molecule has 1 amide bonds. The summed E-state index contributed by atoms with van der Waals surface area (Å²) in [5.74, 6) is 0.454. The molecule has 18 heavy (non-hydrogen) atoms. The molecule has 2 saturated heterocycles. The number of piperazine rings is 1. The Morgan fingerprint density at radius 3 is 2.00 bits per heavy atom. The second-order valence-electron chi connectivity index (χ2n) is 6.22. The Morgan fingerprint density at radius 2 is 1.56 bits per heavy atom. The van der Waals surface area contributed by atoms with Crippen LogP contribution >= 0.6 is 0 Å². The van der Waals surface area contributed by atoms with Crippen LogP contribution in [0.4, 0.5) is 0 Å². The lowest BCUT2D eigenvalue weighted by molar-refractivity contribution is -0.142. The van der Waals surface area contributed by atoms with Crippen LogP contribution in [0, 0.1) is 5.92 Å². The van der Waals surface area contributed by atoms with Crippen LogP contribution in [0.5, 0.6) is 0 Å². The predicted molar refractivity (Wildman–Crippen MR) is 73.5 cm³/mol. The average Bonchev–Trinajstić information content (AvgIpc) is 2.27. The van der Waals surface area contributed by atoms with Gasteiger partial charge in [0, 0.05) is 57.3 Å². The highest BCUT2D eigenvalue weighted by atomic mass is 16.2. The van der Waals surface area contributed by atoms with Crippen molar-refractivity contribution >= 4 is 5.91 Å². The molecule has 4 heteroatoms. The van der Waals surface area contributed by atoms with E-state index in [9.17, 15) is 4.79 Å². The quantitative estimate of drug-likeness (QED) is 0.747. The summed E-state index contributed by atoms with van der Waals surface area (Å²) in [6.07, 6.45) is 0. The third-order valence-corrected chi connectivity index (χ3v) is 4.26. The van der Waals surface area contributed by atoms with Crippen LogP contribution in [0.1, 0.15) is 27.7 Å². The van der Waals surface area contributed by atoms with E-state index in [-0.39, 0.29) is 5.92 Å². The van der Waals surface area contributed by atoms with Gasteiger partial charge in [-0.1, -0.05) is 13.8 Å². The molecule has 0 bridgehead atoms. The van der Waals surface area contributed by atoms with Crippen LogP contribution < -0.4 is 0 Å². The van der Waals surface area contributed by atoms with Crippen LogP contribution in [0.25, 0.3) is 0 Å². The normalized spacial score (nSPS) is 23.8. The lowest BCUT2D eigenvalue weighted by Crippen LogP contribution is -2.65. The van der Waals surface area contributed by atoms with E-state index in [2.05, 4.69) is 23.6 Å². The minimum Gasteiger partial charge on any atom is -0.339 e. The Hall–Kier alpha value is -0.610. The van der Waals surface area contributed by atoms with Crippen LogP contribution in [-0.4, -0.2) is 72.0 Å². The average molecular weight is 253 g/mol. The SMILES string of the molecule is CC(C)C(=O)N1CC(N2CCN(C(C)C)CC2)C1. The van der Waals surface area contributed by atoms with E-state index in [0.29, 0.717) is 18.0 Å². The Morgan fingerprint density at radius 1 is 1.00 bits per heavy atom. The molecule has 2 rings (SSSR count). The third-order valence-electron chi connectivity index (χ3n) is 4.26. The summed E-state index contributed by atoms with van der Waals surface area (Å²) in [7, 11) is 0. The third kappa shape index (κ3) is 2.86. The van der Waals surface area contributed by atoms with Gasteiger partial charge in [0.25, 0.3) is 0 Å². The minimum absolute atomic E-state index is 0.142. The molecule has 2 aliphatic heterocycles. The van der Waals surface area contributed by atoms with E-state index in [1.165, 1.54) is 13.1 Å². The summed E-state index contributed by atoms with van der Waals surface area (Å²) >= 11 is 0. The van der Waals surface area contributed by atoms with Gasteiger partial charge < -0.3 is 4.90 Å². The molecule has 0 radical (unpaired) electrons. The molecule has 104 valence electrons. The number of nitrogens with zero attached hydrogens (tertiary/aromatic N) is 3. The lowest BCUT2D eigenvalue weighted by Gasteiger charge is -2.49. The molecule has 0 saturated carbocycles. The first-order valence-corrected chi connectivity index (χ1v) is 7.26. The number of rotatable bonds is 3. The highest BCUT2D eigenvalue weighted by Crippen LogP contribution is 2.19. The first-order valence-electron chi connectivity index (χ1n) is 7.26. The van der Waals surface area contributed by atoms with Crippen molar-refractivity contribution in [3.8, 4) is 0 Å². The molecular weight excluding hydrogens is 226 g/mol. The van der Waals surface area contributed by atoms with Crippen molar-refractivity contribution in [2.75, 3.05) is 39.3 Å². The van der Waals surface area contributed by atoms with E-state index in [1.807, 2.05) is 18.7 Å². The van der Waals surface area contributed by atoms with Crippen LogP contribution in [0.2, 0.25) is 0 Å². The van der Waals surface area contributed by atoms with Crippen LogP contribution in [-0.2, 0) is 4.79 Å². The van der Waals surface area contributed by atoms with Crippen molar-refractivity contribution in [1.82, 2.24) is 14.7 Å². The van der Waals surface area contributed by atoms with E-state index < -0.39 is 0 Å². The number of hydrogen-bond donors (Lipinski definition) is 0. The molecule has 0 atom stereocenters. The molecule has 0 unspecified atom stereocenters. The van der Waals surface area contributed by atoms with Gasteiger partial charge in [-0.3, -0.25) is 14.6 Å². The van der Waals surface area contributed by atoms with Gasteiger partial charge in [0.15, 0.2) is 0 Å². The highest BCUT2D eigenvalue weighted by molar-refractivity contribution is 5.79. The van der Waals surface area contributed by atoms with Gasteiger partial charge in [0.2, 0.25) is 5.91 Å². The Labute approximate surface area is 111 Å². The molecule has 4 nitrogen and oxygen atoms in total. The zero-order chi connectivity index (χ0) is 13.3. The van der Waals surface area contributed by atoms with E-state index in [4.69, 9.17) is 0 Å². The zero-order valence-electron chi connectivity index (χ0n) is 12.2. The largest absolute Gasteiger partial charge is 0.339 e. The first kappa shape index (κ1) is 13.8. The van der Waals surface area contributed by atoms with Crippen molar-refractivity contribution < 1.29 is 4.79 Å². The molecule has 2 aliphatic rings. The fraction of sp³-hybridized carbons (Fsp3) is 0.929. The first-order chi connectivity index (χ1) is 8.49. The van der Waals surface area contributed by atoms with Crippen molar-refractivity contribution in [3.63, 3.8) is 0 Å². The summed E-state index contributed by atoms with van der Waals surface area (Å²) in [5.41, 5.74) is 0. The van der Waals surface area contributed by atoms with Crippen LogP contribution in [0.15, 0.2) is 0 Å². The summed E-state index contributed by atoms with van der Waals surface area (Å²) in [6, 6.07) is 1.27. The number of amides is 1. The molecule has 0 aromatic rings. The summed E-state index contributed by atoms with van der Waals surface area (Å²) < 4.78 is 0. The van der Waals surface area contributed by atoms with E-state index in [1.54, 1.807) is 0 Å². The second kappa shape index (κ2) is 5.57. The molecule has 0 N–H and O–H groups in total. The molecule has 0 aliphatic carbocycles. The number of carbonyl (C=O) groups is 1. The van der Waals surface area contributed by atoms with Gasteiger partial charge in [-0.25, -0.2) is 0 Å².